The zero-order valence-corrected chi connectivity index (χ0v) is 19.4. The summed E-state index contributed by atoms with van der Waals surface area (Å²) in [6, 6.07) is 10.1. The van der Waals surface area contributed by atoms with Crippen molar-refractivity contribution in [2.75, 3.05) is 52.9 Å². The van der Waals surface area contributed by atoms with Crippen LogP contribution in [-0.2, 0) is 10.0 Å². The summed E-state index contributed by atoms with van der Waals surface area (Å²) in [6.07, 6.45) is 5.15. The summed E-state index contributed by atoms with van der Waals surface area (Å²) in [5, 5.41) is 2.99. The van der Waals surface area contributed by atoms with E-state index in [-0.39, 0.29) is 16.8 Å². The van der Waals surface area contributed by atoms with Gasteiger partial charge >= 0.3 is 0 Å². The largest absolute Gasteiger partial charge is 0.468 e. The molecule has 1 aromatic carbocycles. The summed E-state index contributed by atoms with van der Waals surface area (Å²) in [4.78, 5) is 17.5. The molecule has 0 spiro atoms. The Hall–Kier alpha value is -2.20. The minimum absolute atomic E-state index is 0.0356. The second-order valence-corrected chi connectivity index (χ2v) is 10.5. The zero-order valence-electron chi connectivity index (χ0n) is 18.6. The van der Waals surface area contributed by atoms with Crippen molar-refractivity contribution in [3.8, 4) is 0 Å². The lowest BCUT2D eigenvalue weighted by Crippen LogP contribution is -2.47. The molecular formula is C23H32N4O4S. The SMILES string of the molecule is CN1CCN(S(=O)(=O)c2cccc(C(=O)NCC(c3ccco3)N3CCCCC3)c2)CC1. The summed E-state index contributed by atoms with van der Waals surface area (Å²) < 4.78 is 33.2. The van der Waals surface area contributed by atoms with Gasteiger partial charge in [-0.3, -0.25) is 9.69 Å². The first-order chi connectivity index (χ1) is 15.4. The average Bonchev–Trinajstić information content (AvgIpc) is 3.35. The third-order valence-electron chi connectivity index (χ3n) is 6.36. The maximum Gasteiger partial charge on any atom is 0.251 e. The van der Waals surface area contributed by atoms with Crippen molar-refractivity contribution < 1.29 is 17.6 Å². The van der Waals surface area contributed by atoms with Crippen LogP contribution in [0.25, 0.3) is 0 Å². The second-order valence-electron chi connectivity index (χ2n) is 8.57. The number of amides is 1. The normalized spacial score (nSPS) is 20.2. The Kier molecular flexibility index (Phi) is 7.30. The summed E-state index contributed by atoms with van der Waals surface area (Å²) in [5.74, 6) is 0.549. The van der Waals surface area contributed by atoms with Gasteiger partial charge in [0.25, 0.3) is 5.91 Å². The first-order valence-corrected chi connectivity index (χ1v) is 12.7. The molecule has 2 aliphatic heterocycles. The van der Waals surface area contributed by atoms with Crippen molar-refractivity contribution in [3.63, 3.8) is 0 Å². The van der Waals surface area contributed by atoms with E-state index in [0.717, 1.165) is 31.7 Å². The Morgan fingerprint density at radius 3 is 2.47 bits per heavy atom. The Morgan fingerprint density at radius 1 is 1.03 bits per heavy atom. The summed E-state index contributed by atoms with van der Waals surface area (Å²) >= 11 is 0. The fourth-order valence-corrected chi connectivity index (χ4v) is 5.86. The predicted molar refractivity (Wildman–Crippen MR) is 122 cm³/mol. The van der Waals surface area contributed by atoms with Crippen LogP contribution in [0.4, 0.5) is 0 Å². The summed E-state index contributed by atoms with van der Waals surface area (Å²) in [5.41, 5.74) is 0.344. The number of likely N-dealkylation sites (N-methyl/N-ethyl adjacent to an activating group) is 1. The van der Waals surface area contributed by atoms with E-state index in [0.29, 0.717) is 38.3 Å². The summed E-state index contributed by atoms with van der Waals surface area (Å²) in [7, 11) is -1.64. The van der Waals surface area contributed by atoms with Crippen LogP contribution in [0.1, 0.15) is 41.4 Å². The van der Waals surface area contributed by atoms with Crippen molar-refractivity contribution in [3.05, 3.63) is 54.0 Å². The van der Waals surface area contributed by atoms with Gasteiger partial charge in [-0.05, 0) is 63.3 Å². The molecule has 2 saturated heterocycles. The molecule has 1 aromatic heterocycles. The van der Waals surface area contributed by atoms with Gasteiger partial charge in [-0.15, -0.1) is 0 Å². The number of benzene rings is 1. The number of rotatable bonds is 7. The number of carbonyl (C=O) groups excluding carboxylic acids is 1. The minimum Gasteiger partial charge on any atom is -0.468 e. The molecule has 2 aliphatic rings. The van der Waals surface area contributed by atoms with Crippen LogP contribution in [0, 0.1) is 0 Å². The van der Waals surface area contributed by atoms with Crippen molar-refractivity contribution in [1.29, 1.82) is 0 Å². The van der Waals surface area contributed by atoms with Gasteiger partial charge in [0.2, 0.25) is 10.0 Å². The van der Waals surface area contributed by atoms with Crippen LogP contribution in [0.15, 0.2) is 52.0 Å². The number of nitrogens with zero attached hydrogens (tertiary/aromatic N) is 3. The summed E-state index contributed by atoms with van der Waals surface area (Å²) in [6.45, 7) is 4.65. The molecule has 0 aliphatic carbocycles. The van der Waals surface area contributed by atoms with Gasteiger partial charge < -0.3 is 14.6 Å². The van der Waals surface area contributed by atoms with Crippen molar-refractivity contribution in [1.82, 2.24) is 19.4 Å². The number of furan rings is 1. The maximum absolute atomic E-state index is 13.1. The molecule has 1 unspecified atom stereocenters. The van der Waals surface area contributed by atoms with E-state index in [2.05, 4.69) is 15.1 Å². The average molecular weight is 461 g/mol. The zero-order chi connectivity index (χ0) is 22.6. The first-order valence-electron chi connectivity index (χ1n) is 11.3. The lowest BCUT2D eigenvalue weighted by Gasteiger charge is -2.33. The molecule has 3 heterocycles. The molecule has 174 valence electrons. The predicted octanol–water partition coefficient (Wildman–Crippen LogP) is 2.17. The number of piperazine rings is 1. The minimum atomic E-state index is -3.62. The van der Waals surface area contributed by atoms with Crippen LogP contribution < -0.4 is 5.32 Å². The number of likely N-dealkylation sites (tertiary alicyclic amines) is 1. The van der Waals surface area contributed by atoms with Crippen LogP contribution in [0.5, 0.6) is 0 Å². The molecule has 1 amide bonds. The molecule has 1 N–H and O–H groups in total. The second kappa shape index (κ2) is 10.2. The molecule has 8 nitrogen and oxygen atoms in total. The molecule has 2 aromatic rings. The topological polar surface area (TPSA) is 86.1 Å². The maximum atomic E-state index is 13.1. The van der Waals surface area contributed by atoms with Gasteiger partial charge in [-0.2, -0.15) is 4.31 Å². The van der Waals surface area contributed by atoms with E-state index in [9.17, 15) is 13.2 Å². The smallest absolute Gasteiger partial charge is 0.251 e. The standard InChI is InChI=1S/C23H32N4O4S/c1-25-12-14-27(15-13-25)32(29,30)20-8-5-7-19(17-20)23(28)24-18-21(22-9-6-16-31-22)26-10-3-2-4-11-26/h5-9,16-17,21H,2-4,10-15,18H2,1H3,(H,24,28). The van der Waals surface area contributed by atoms with Gasteiger partial charge in [0.15, 0.2) is 0 Å². The first kappa shape index (κ1) is 23.0. The van der Waals surface area contributed by atoms with Gasteiger partial charge in [-0.25, -0.2) is 8.42 Å². The van der Waals surface area contributed by atoms with Crippen LogP contribution in [-0.4, -0.2) is 81.3 Å². The number of carbonyl (C=O) groups is 1. The molecule has 0 radical (unpaired) electrons. The monoisotopic (exact) mass is 460 g/mol. The van der Waals surface area contributed by atoms with Gasteiger partial charge in [-0.1, -0.05) is 12.5 Å². The van der Waals surface area contributed by atoms with Crippen LogP contribution in [0.3, 0.4) is 0 Å². The third-order valence-corrected chi connectivity index (χ3v) is 8.25. The molecule has 4 rings (SSSR count). The highest BCUT2D eigenvalue weighted by Gasteiger charge is 2.28. The Bertz CT molecular complexity index is 995. The van der Waals surface area contributed by atoms with Crippen LogP contribution in [0.2, 0.25) is 0 Å². The van der Waals surface area contributed by atoms with Crippen molar-refractivity contribution in [2.24, 2.45) is 0 Å². The van der Waals surface area contributed by atoms with E-state index in [4.69, 9.17) is 4.42 Å². The van der Waals surface area contributed by atoms with E-state index in [1.807, 2.05) is 19.2 Å². The quantitative estimate of drug-likeness (QED) is 0.682. The van der Waals surface area contributed by atoms with Gasteiger partial charge in [0, 0.05) is 38.3 Å². The number of hydrogen-bond acceptors (Lipinski definition) is 6. The fraction of sp³-hybridized carbons (Fsp3) is 0.522. The lowest BCUT2D eigenvalue weighted by atomic mass is 10.1. The van der Waals surface area contributed by atoms with Crippen molar-refractivity contribution >= 4 is 15.9 Å². The van der Waals surface area contributed by atoms with Gasteiger partial charge in [0.05, 0.1) is 17.2 Å². The van der Waals surface area contributed by atoms with Crippen molar-refractivity contribution in [2.45, 2.75) is 30.2 Å². The van der Waals surface area contributed by atoms with Gasteiger partial charge in [0.1, 0.15) is 5.76 Å². The number of hydrogen-bond donors (Lipinski definition) is 1. The molecule has 1 atom stereocenters. The van der Waals surface area contributed by atoms with E-state index in [1.165, 1.54) is 16.8 Å². The van der Waals surface area contributed by atoms with E-state index >= 15 is 0 Å². The van der Waals surface area contributed by atoms with E-state index in [1.54, 1.807) is 24.5 Å². The lowest BCUT2D eigenvalue weighted by molar-refractivity contribution is 0.0914. The Balaban J connectivity index is 1.45. The van der Waals surface area contributed by atoms with E-state index < -0.39 is 10.0 Å². The molecular weight excluding hydrogens is 428 g/mol. The molecule has 0 saturated carbocycles. The Morgan fingerprint density at radius 2 is 1.78 bits per heavy atom. The fourth-order valence-electron chi connectivity index (χ4n) is 4.39. The highest BCUT2D eigenvalue weighted by atomic mass is 32.2. The number of nitrogens with one attached hydrogen (secondary N) is 1. The number of piperidine rings is 1. The third kappa shape index (κ3) is 5.23. The molecule has 9 heteroatoms. The highest BCUT2D eigenvalue weighted by Crippen LogP contribution is 2.25. The van der Waals surface area contributed by atoms with Crippen LogP contribution >= 0.6 is 0 Å². The Labute approximate surface area is 190 Å². The molecule has 32 heavy (non-hydrogen) atoms. The molecule has 2 fully saturated rings. The number of sulfonamides is 1. The highest BCUT2D eigenvalue weighted by molar-refractivity contribution is 7.89. The molecule has 0 bridgehead atoms.